The van der Waals surface area contributed by atoms with Crippen molar-refractivity contribution in [2.45, 2.75) is 60.0 Å². The zero-order valence-corrected chi connectivity index (χ0v) is 37.8. The van der Waals surface area contributed by atoms with Gasteiger partial charge in [-0.3, -0.25) is 18.6 Å². The third kappa shape index (κ3) is 8.72. The van der Waals surface area contributed by atoms with Gasteiger partial charge in [-0.1, -0.05) is 35.9 Å². The number of amides is 3. The second kappa shape index (κ2) is 17.9. The van der Waals surface area contributed by atoms with Crippen molar-refractivity contribution >= 4 is 74.2 Å². The number of imidazole rings is 2. The summed E-state index contributed by atoms with van der Waals surface area (Å²) >= 11 is 6.53. The van der Waals surface area contributed by atoms with E-state index < -0.39 is 0 Å². The van der Waals surface area contributed by atoms with E-state index in [0.717, 1.165) is 86.6 Å². The number of carbonyl (C=O) groups excluding carboxylic acids is 2. The summed E-state index contributed by atoms with van der Waals surface area (Å²) in [4.78, 5) is 47.4. The number of nitrogens with one attached hydrogen (secondary N) is 5. The number of hydrogen-bond donors (Lipinski definition) is 5. The average molecular weight is 885 g/mol. The molecule has 1 aliphatic carbocycles. The predicted octanol–water partition coefficient (Wildman–Crippen LogP) is 10.1. The molecule has 0 bridgehead atoms. The third-order valence-electron chi connectivity index (χ3n) is 11.7. The molecule has 0 atom stereocenters. The average Bonchev–Trinajstić information content (AvgIpc) is 3.81. The van der Waals surface area contributed by atoms with Gasteiger partial charge in [0, 0.05) is 55.4 Å². The van der Waals surface area contributed by atoms with Gasteiger partial charge < -0.3 is 26.6 Å². The minimum atomic E-state index is -0.255. The quantitative estimate of drug-likeness (QED) is 0.0898. The molecule has 5 N–H and O–H groups in total. The zero-order chi connectivity index (χ0) is 45.4. The Morgan fingerprint density at radius 2 is 1.31 bits per heavy atom. The molecule has 0 saturated heterocycles. The molecule has 1 aliphatic rings. The van der Waals surface area contributed by atoms with Crippen LogP contribution in [0.4, 0.5) is 22.1 Å². The van der Waals surface area contributed by atoms with E-state index in [2.05, 4.69) is 97.3 Å². The van der Waals surface area contributed by atoms with Crippen molar-refractivity contribution in [1.82, 2.24) is 44.4 Å². The Hall–Kier alpha value is -7.58. The standard InChI is InChI=1S/C26H25N7O.C24H24ClN5O/c1-16-11-21-22(12-17(16)2)33-23(19-6-8-20(9-7-19)31-26(34)27-3)15-30-25(33)24(32-21)29-14-18-5-4-10-28-13-18;1-4-26-22-23-27-12-21(30(23)20-10-14(3)13(2)9-19(20)29-22)15-5-8-17(18(25)11-15)24(31)28-16-6-7-16/h4-13,15H,14H2,1-3H3,(H,29,32)(H2,27,31,34);5,8-12,16H,4,6-7H2,1-3H3,(H,26,29)(H,28,31). The fourth-order valence-electron chi connectivity index (χ4n) is 7.74. The smallest absolute Gasteiger partial charge is 0.318 e. The van der Waals surface area contributed by atoms with E-state index in [4.69, 9.17) is 26.6 Å². The van der Waals surface area contributed by atoms with Crippen LogP contribution in [0.2, 0.25) is 5.02 Å². The lowest BCUT2D eigenvalue weighted by atomic mass is 10.1. The number of aromatic nitrogens is 7. The molecule has 4 aromatic carbocycles. The molecular weight excluding hydrogens is 836 g/mol. The molecule has 5 heterocycles. The minimum absolute atomic E-state index is 0.118. The van der Waals surface area contributed by atoms with Gasteiger partial charge in [0.2, 0.25) is 0 Å². The van der Waals surface area contributed by atoms with E-state index >= 15 is 0 Å². The zero-order valence-electron chi connectivity index (χ0n) is 37.0. The summed E-state index contributed by atoms with van der Waals surface area (Å²) < 4.78 is 4.25. The largest absolute Gasteiger partial charge is 0.367 e. The maximum Gasteiger partial charge on any atom is 0.318 e. The molecule has 5 aromatic heterocycles. The van der Waals surface area contributed by atoms with Gasteiger partial charge in [-0.2, -0.15) is 0 Å². The van der Waals surface area contributed by atoms with Crippen LogP contribution in [-0.2, 0) is 6.54 Å². The van der Waals surface area contributed by atoms with Crippen molar-refractivity contribution in [3.05, 3.63) is 142 Å². The van der Waals surface area contributed by atoms with E-state index in [9.17, 15) is 9.59 Å². The van der Waals surface area contributed by atoms with E-state index in [-0.39, 0.29) is 18.0 Å². The first-order valence-electron chi connectivity index (χ1n) is 21.6. The summed E-state index contributed by atoms with van der Waals surface area (Å²) in [5, 5.41) is 15.5. The second-order valence-electron chi connectivity index (χ2n) is 16.3. The summed E-state index contributed by atoms with van der Waals surface area (Å²) in [6.07, 6.45) is 9.38. The van der Waals surface area contributed by atoms with E-state index in [1.165, 1.54) is 22.3 Å². The van der Waals surface area contributed by atoms with Crippen LogP contribution in [0.25, 0.3) is 55.9 Å². The fraction of sp³-hybridized carbons (Fsp3) is 0.220. The van der Waals surface area contributed by atoms with Crippen molar-refractivity contribution in [1.29, 1.82) is 0 Å². The molecule has 328 valence electrons. The van der Waals surface area contributed by atoms with Crippen LogP contribution < -0.4 is 26.6 Å². The van der Waals surface area contributed by atoms with Gasteiger partial charge in [0.15, 0.2) is 22.9 Å². The monoisotopic (exact) mass is 884 g/mol. The molecule has 1 fully saturated rings. The number of fused-ring (bicyclic) bond motifs is 6. The number of anilines is 3. The van der Waals surface area contributed by atoms with Crippen molar-refractivity contribution in [2.24, 2.45) is 0 Å². The molecule has 1 saturated carbocycles. The second-order valence-corrected chi connectivity index (χ2v) is 16.8. The summed E-state index contributed by atoms with van der Waals surface area (Å²) in [6, 6.07) is 25.8. The van der Waals surface area contributed by atoms with E-state index in [0.29, 0.717) is 28.6 Å². The lowest BCUT2D eigenvalue weighted by Crippen LogP contribution is -2.25. The number of aryl methyl sites for hydroxylation is 4. The van der Waals surface area contributed by atoms with Gasteiger partial charge in [-0.15, -0.1) is 0 Å². The number of carbonyl (C=O) groups is 2. The molecule has 14 nitrogen and oxygen atoms in total. The van der Waals surface area contributed by atoms with Crippen LogP contribution in [0.3, 0.4) is 0 Å². The number of benzene rings is 4. The van der Waals surface area contributed by atoms with Gasteiger partial charge in [0.1, 0.15) is 0 Å². The number of rotatable bonds is 10. The van der Waals surface area contributed by atoms with Crippen LogP contribution >= 0.6 is 11.6 Å². The van der Waals surface area contributed by atoms with Crippen LogP contribution in [0.15, 0.2) is 104 Å². The van der Waals surface area contributed by atoms with Crippen LogP contribution in [-0.4, -0.2) is 65.3 Å². The van der Waals surface area contributed by atoms with E-state index in [1.807, 2.05) is 74.0 Å². The predicted molar refractivity (Wildman–Crippen MR) is 260 cm³/mol. The van der Waals surface area contributed by atoms with Gasteiger partial charge in [-0.25, -0.2) is 24.7 Å². The highest BCUT2D eigenvalue weighted by molar-refractivity contribution is 6.34. The maximum atomic E-state index is 12.5. The first-order valence-corrected chi connectivity index (χ1v) is 22.0. The number of urea groups is 1. The molecule has 0 radical (unpaired) electrons. The minimum Gasteiger partial charge on any atom is -0.367 e. The summed E-state index contributed by atoms with van der Waals surface area (Å²) in [5.74, 6) is 1.34. The Labute approximate surface area is 380 Å². The van der Waals surface area contributed by atoms with Gasteiger partial charge in [0.05, 0.1) is 56.4 Å². The first kappa shape index (κ1) is 42.7. The van der Waals surface area contributed by atoms with Gasteiger partial charge in [0.25, 0.3) is 5.91 Å². The van der Waals surface area contributed by atoms with Gasteiger partial charge >= 0.3 is 6.03 Å². The molecule has 0 unspecified atom stereocenters. The van der Waals surface area contributed by atoms with Crippen molar-refractivity contribution in [3.63, 3.8) is 0 Å². The highest BCUT2D eigenvalue weighted by Gasteiger charge is 2.25. The third-order valence-corrected chi connectivity index (χ3v) is 12.0. The topological polar surface area (TPSA) is 168 Å². The number of halogens is 1. The SMILES string of the molecule is CCNc1nc2cc(C)c(C)cc2n2c(-c3ccc(C(=O)NC4CC4)c(Cl)c3)cnc12.CNC(=O)Nc1ccc(-c2cnc3c(NCc4cccnc4)nc4cc(C)c(C)cc4n23)cc1. The highest BCUT2D eigenvalue weighted by Crippen LogP contribution is 2.34. The number of nitrogens with zero attached hydrogens (tertiary/aromatic N) is 7. The molecule has 15 heteroatoms. The normalized spacial score (nSPS) is 12.3. The van der Waals surface area contributed by atoms with Crippen LogP contribution in [0.1, 0.15) is 57.9 Å². The molecular formula is C50H49ClN12O2. The Morgan fingerprint density at radius 3 is 1.86 bits per heavy atom. The van der Waals surface area contributed by atoms with Crippen LogP contribution in [0.5, 0.6) is 0 Å². The molecule has 0 aliphatic heterocycles. The fourth-order valence-corrected chi connectivity index (χ4v) is 8.01. The summed E-state index contributed by atoms with van der Waals surface area (Å²) in [5.41, 5.74) is 16.0. The Morgan fingerprint density at radius 1 is 0.723 bits per heavy atom. The Balaban J connectivity index is 0.000000165. The van der Waals surface area contributed by atoms with Crippen molar-refractivity contribution in [3.8, 4) is 22.5 Å². The Kier molecular flexibility index (Phi) is 11.8. The molecule has 9 aromatic rings. The molecule has 10 rings (SSSR count). The van der Waals surface area contributed by atoms with Crippen LogP contribution in [0, 0.1) is 27.7 Å². The van der Waals surface area contributed by atoms with Gasteiger partial charge in [-0.05, 0) is 130 Å². The van der Waals surface area contributed by atoms with E-state index in [1.54, 1.807) is 19.3 Å². The molecule has 65 heavy (non-hydrogen) atoms. The highest BCUT2D eigenvalue weighted by atomic mass is 35.5. The lowest BCUT2D eigenvalue weighted by Gasteiger charge is -2.13. The van der Waals surface area contributed by atoms with Crippen molar-refractivity contribution < 1.29 is 9.59 Å². The molecule has 3 amide bonds. The van der Waals surface area contributed by atoms with Crippen molar-refractivity contribution in [2.75, 3.05) is 29.5 Å². The first-order chi connectivity index (χ1) is 31.5. The number of hydrogen-bond acceptors (Lipinski definition) is 9. The summed E-state index contributed by atoms with van der Waals surface area (Å²) in [7, 11) is 1.59. The Bertz CT molecular complexity index is 3270. The summed E-state index contributed by atoms with van der Waals surface area (Å²) in [6.45, 7) is 11.8. The molecule has 0 spiro atoms. The lowest BCUT2D eigenvalue weighted by molar-refractivity contribution is 0.0951. The maximum absolute atomic E-state index is 12.5. The number of pyridine rings is 1.